The number of rotatable bonds is 5. The van der Waals surface area contributed by atoms with Crippen molar-refractivity contribution in [2.75, 3.05) is 11.4 Å². The van der Waals surface area contributed by atoms with Crippen LogP contribution in [0.5, 0.6) is 0 Å². The Balaban J connectivity index is 3.00. The van der Waals surface area contributed by atoms with Crippen molar-refractivity contribution in [1.82, 2.24) is 0 Å². The number of halogens is 1. The van der Waals surface area contributed by atoms with Crippen LogP contribution in [-0.2, 0) is 6.54 Å². The van der Waals surface area contributed by atoms with Crippen molar-refractivity contribution in [3.8, 4) is 0 Å². The maximum Gasteiger partial charge on any atom is 0.0642 e. The summed E-state index contributed by atoms with van der Waals surface area (Å²) in [6.45, 7) is 8.11. The van der Waals surface area contributed by atoms with E-state index in [9.17, 15) is 0 Å². The Labute approximate surface area is 103 Å². The molecule has 2 nitrogen and oxygen atoms in total. The lowest BCUT2D eigenvalue weighted by molar-refractivity contribution is 0.671. The zero-order chi connectivity index (χ0) is 12.1. The summed E-state index contributed by atoms with van der Waals surface area (Å²) in [7, 11) is 0. The van der Waals surface area contributed by atoms with Crippen LogP contribution < -0.4 is 10.6 Å². The van der Waals surface area contributed by atoms with Gasteiger partial charge in [0.2, 0.25) is 0 Å². The third kappa shape index (κ3) is 3.13. The van der Waals surface area contributed by atoms with Gasteiger partial charge in [-0.2, -0.15) is 0 Å². The molecule has 0 saturated heterocycles. The first-order chi connectivity index (χ1) is 7.60. The van der Waals surface area contributed by atoms with Gasteiger partial charge < -0.3 is 10.6 Å². The van der Waals surface area contributed by atoms with Crippen molar-refractivity contribution < 1.29 is 0 Å². The van der Waals surface area contributed by atoms with E-state index < -0.39 is 0 Å². The lowest BCUT2D eigenvalue weighted by atomic mass is 10.1. The van der Waals surface area contributed by atoms with E-state index in [1.807, 2.05) is 12.1 Å². The highest BCUT2D eigenvalue weighted by Crippen LogP contribution is 2.28. The highest BCUT2D eigenvalue weighted by atomic mass is 35.5. The SMILES string of the molecule is CCCN(c1ccc(CN)cc1Cl)C(C)C. The average molecular weight is 241 g/mol. The van der Waals surface area contributed by atoms with Crippen LogP contribution in [0.3, 0.4) is 0 Å². The van der Waals surface area contributed by atoms with E-state index in [-0.39, 0.29) is 0 Å². The fraction of sp³-hybridized carbons (Fsp3) is 0.538. The summed E-state index contributed by atoms with van der Waals surface area (Å²) in [5, 5.41) is 0.796. The standard InChI is InChI=1S/C13H21ClN2/c1-4-7-16(10(2)3)13-6-5-11(9-15)8-12(13)14/h5-6,8,10H,4,7,9,15H2,1-3H3. The molecule has 0 aromatic heterocycles. The second-order valence-electron chi connectivity index (χ2n) is 4.28. The molecule has 0 aliphatic rings. The molecule has 0 bridgehead atoms. The van der Waals surface area contributed by atoms with Crippen LogP contribution in [0.15, 0.2) is 18.2 Å². The van der Waals surface area contributed by atoms with Gasteiger partial charge in [0.1, 0.15) is 0 Å². The Morgan fingerprint density at radius 2 is 2.06 bits per heavy atom. The third-order valence-corrected chi connectivity index (χ3v) is 2.95. The zero-order valence-corrected chi connectivity index (χ0v) is 11.1. The van der Waals surface area contributed by atoms with Gasteiger partial charge in [-0.15, -0.1) is 0 Å². The maximum atomic E-state index is 6.29. The first-order valence-corrected chi connectivity index (χ1v) is 6.23. The first-order valence-electron chi connectivity index (χ1n) is 5.85. The number of nitrogens with zero attached hydrogens (tertiary/aromatic N) is 1. The number of nitrogens with two attached hydrogens (primary N) is 1. The number of benzene rings is 1. The van der Waals surface area contributed by atoms with E-state index in [0.29, 0.717) is 12.6 Å². The highest BCUT2D eigenvalue weighted by molar-refractivity contribution is 6.33. The molecule has 90 valence electrons. The monoisotopic (exact) mass is 240 g/mol. The quantitative estimate of drug-likeness (QED) is 0.855. The van der Waals surface area contributed by atoms with Crippen LogP contribution in [0.2, 0.25) is 5.02 Å². The van der Waals surface area contributed by atoms with Crippen molar-refractivity contribution >= 4 is 17.3 Å². The summed E-state index contributed by atoms with van der Waals surface area (Å²) in [5.41, 5.74) is 7.78. The Hall–Kier alpha value is -0.730. The van der Waals surface area contributed by atoms with Gasteiger partial charge in [-0.1, -0.05) is 24.6 Å². The van der Waals surface area contributed by atoms with E-state index in [4.69, 9.17) is 17.3 Å². The fourth-order valence-corrected chi connectivity index (χ4v) is 2.12. The third-order valence-electron chi connectivity index (χ3n) is 2.65. The topological polar surface area (TPSA) is 29.3 Å². The molecule has 16 heavy (non-hydrogen) atoms. The number of hydrogen-bond donors (Lipinski definition) is 1. The lowest BCUT2D eigenvalue weighted by Gasteiger charge is -2.29. The Morgan fingerprint density at radius 3 is 2.50 bits per heavy atom. The molecule has 0 amide bonds. The Kier molecular flexibility index (Phi) is 5.10. The normalized spacial score (nSPS) is 10.9. The highest BCUT2D eigenvalue weighted by Gasteiger charge is 2.12. The molecule has 0 fully saturated rings. The van der Waals surface area contributed by atoms with Crippen LogP contribution >= 0.6 is 11.6 Å². The summed E-state index contributed by atoms with van der Waals surface area (Å²) >= 11 is 6.29. The van der Waals surface area contributed by atoms with Crippen molar-refractivity contribution in [3.05, 3.63) is 28.8 Å². The predicted octanol–water partition coefficient (Wildman–Crippen LogP) is 3.42. The van der Waals surface area contributed by atoms with E-state index in [1.165, 1.54) is 0 Å². The number of hydrogen-bond acceptors (Lipinski definition) is 2. The minimum atomic E-state index is 0.459. The van der Waals surface area contributed by atoms with Crippen LogP contribution in [0, 0.1) is 0 Å². The fourth-order valence-electron chi connectivity index (χ4n) is 1.81. The molecule has 0 spiro atoms. The van der Waals surface area contributed by atoms with E-state index in [2.05, 4.69) is 31.7 Å². The van der Waals surface area contributed by atoms with Gasteiger partial charge >= 0.3 is 0 Å². The molecule has 0 atom stereocenters. The van der Waals surface area contributed by atoms with E-state index in [1.54, 1.807) is 0 Å². The summed E-state index contributed by atoms with van der Waals surface area (Å²) < 4.78 is 0. The molecule has 1 rings (SSSR count). The molecule has 0 heterocycles. The van der Waals surface area contributed by atoms with Crippen LogP contribution in [0.1, 0.15) is 32.8 Å². The minimum Gasteiger partial charge on any atom is -0.368 e. The summed E-state index contributed by atoms with van der Waals surface area (Å²) in [5.74, 6) is 0. The van der Waals surface area contributed by atoms with Crippen molar-refractivity contribution in [2.45, 2.75) is 39.8 Å². The Bertz CT molecular complexity index is 337. The molecule has 0 aliphatic heterocycles. The Morgan fingerprint density at radius 1 is 1.38 bits per heavy atom. The van der Waals surface area contributed by atoms with Gasteiger partial charge in [-0.25, -0.2) is 0 Å². The molecule has 0 saturated carbocycles. The molecule has 0 radical (unpaired) electrons. The van der Waals surface area contributed by atoms with Gasteiger partial charge in [-0.05, 0) is 38.0 Å². The van der Waals surface area contributed by atoms with Crippen LogP contribution in [0.4, 0.5) is 5.69 Å². The summed E-state index contributed by atoms with van der Waals surface area (Å²) in [4.78, 5) is 2.32. The molecule has 1 aromatic carbocycles. The van der Waals surface area contributed by atoms with Gasteiger partial charge in [-0.3, -0.25) is 0 Å². The largest absolute Gasteiger partial charge is 0.368 e. The van der Waals surface area contributed by atoms with Crippen LogP contribution in [0.25, 0.3) is 0 Å². The summed E-state index contributed by atoms with van der Waals surface area (Å²) in [6, 6.07) is 6.54. The molecule has 0 unspecified atom stereocenters. The maximum absolute atomic E-state index is 6.29. The average Bonchev–Trinajstić information content (AvgIpc) is 2.26. The zero-order valence-electron chi connectivity index (χ0n) is 10.3. The number of anilines is 1. The van der Waals surface area contributed by atoms with Crippen LogP contribution in [-0.4, -0.2) is 12.6 Å². The van der Waals surface area contributed by atoms with Gasteiger partial charge in [0, 0.05) is 19.1 Å². The second-order valence-corrected chi connectivity index (χ2v) is 4.68. The van der Waals surface area contributed by atoms with Gasteiger partial charge in [0.25, 0.3) is 0 Å². The van der Waals surface area contributed by atoms with Gasteiger partial charge in [0.05, 0.1) is 10.7 Å². The van der Waals surface area contributed by atoms with E-state index in [0.717, 1.165) is 29.2 Å². The molecular formula is C13H21ClN2. The second kappa shape index (κ2) is 6.12. The predicted molar refractivity (Wildman–Crippen MR) is 72.1 cm³/mol. The van der Waals surface area contributed by atoms with Crippen molar-refractivity contribution in [2.24, 2.45) is 5.73 Å². The minimum absolute atomic E-state index is 0.459. The molecule has 1 aromatic rings. The van der Waals surface area contributed by atoms with Gasteiger partial charge in [0.15, 0.2) is 0 Å². The van der Waals surface area contributed by atoms with Crippen molar-refractivity contribution in [1.29, 1.82) is 0 Å². The molecular weight excluding hydrogens is 220 g/mol. The smallest absolute Gasteiger partial charge is 0.0642 e. The molecule has 0 aliphatic carbocycles. The molecule has 2 N–H and O–H groups in total. The lowest BCUT2D eigenvalue weighted by Crippen LogP contribution is -2.31. The first kappa shape index (κ1) is 13.3. The van der Waals surface area contributed by atoms with Crippen molar-refractivity contribution in [3.63, 3.8) is 0 Å². The van der Waals surface area contributed by atoms with E-state index >= 15 is 0 Å². The molecule has 3 heteroatoms. The summed E-state index contributed by atoms with van der Waals surface area (Å²) in [6.07, 6.45) is 1.12.